The summed E-state index contributed by atoms with van der Waals surface area (Å²) in [6.07, 6.45) is 1.26. The smallest absolute Gasteiger partial charge is 0.354 e. The fourth-order valence-corrected chi connectivity index (χ4v) is 1.49. The molecule has 2 aromatic rings. The van der Waals surface area contributed by atoms with E-state index in [-0.39, 0.29) is 5.69 Å². The highest BCUT2D eigenvalue weighted by Crippen LogP contribution is 2.17. The first kappa shape index (κ1) is 13.3. The van der Waals surface area contributed by atoms with Gasteiger partial charge in [0.05, 0.1) is 23.3 Å². The molecule has 0 atom stereocenters. The zero-order valence-corrected chi connectivity index (χ0v) is 10.3. The van der Waals surface area contributed by atoms with Crippen molar-refractivity contribution in [1.82, 2.24) is 4.98 Å². The van der Waals surface area contributed by atoms with Crippen LogP contribution in [0, 0.1) is 0 Å². The largest absolute Gasteiger partial charge is 0.477 e. The minimum atomic E-state index is -1.13. The molecule has 0 aliphatic carbocycles. The summed E-state index contributed by atoms with van der Waals surface area (Å²) in [5.41, 5.74) is 6.91. The lowest BCUT2D eigenvalue weighted by molar-refractivity contribution is 0.0690. The van der Waals surface area contributed by atoms with Gasteiger partial charge in [-0.05, 0) is 24.3 Å². The van der Waals surface area contributed by atoms with Crippen LogP contribution >= 0.6 is 0 Å². The summed E-state index contributed by atoms with van der Waals surface area (Å²) < 4.78 is 0. The molecule has 0 spiro atoms. The van der Waals surface area contributed by atoms with Crippen LogP contribution in [-0.2, 0) is 0 Å². The zero-order chi connectivity index (χ0) is 14.5. The molecule has 0 aliphatic rings. The Bertz CT molecular complexity index is 640. The van der Waals surface area contributed by atoms with Gasteiger partial charge in [-0.3, -0.25) is 0 Å². The molecule has 5 N–H and O–H groups in total. The fraction of sp³-hybridized carbons (Fsp3) is 0. The van der Waals surface area contributed by atoms with E-state index in [1.807, 2.05) is 0 Å². The van der Waals surface area contributed by atoms with Gasteiger partial charge in [-0.2, -0.15) is 0 Å². The Morgan fingerprint density at radius 3 is 2.45 bits per heavy atom. The number of amides is 2. The molecule has 0 fully saturated rings. The maximum atomic E-state index is 11.7. The van der Waals surface area contributed by atoms with E-state index in [0.717, 1.165) is 0 Å². The molecule has 0 saturated heterocycles. The number of urea groups is 1. The normalized spacial score (nSPS) is 9.80. The van der Waals surface area contributed by atoms with Gasteiger partial charge >= 0.3 is 12.0 Å². The molecule has 2 rings (SSSR count). The van der Waals surface area contributed by atoms with Gasteiger partial charge in [-0.1, -0.05) is 12.1 Å². The van der Waals surface area contributed by atoms with E-state index in [1.54, 1.807) is 24.3 Å². The van der Waals surface area contributed by atoms with Crippen LogP contribution in [0.2, 0.25) is 0 Å². The summed E-state index contributed by atoms with van der Waals surface area (Å²) in [5, 5.41) is 13.8. The molecule has 1 aromatic carbocycles. The lowest BCUT2D eigenvalue weighted by Crippen LogP contribution is -2.20. The topological polar surface area (TPSA) is 117 Å². The number of pyridine rings is 1. The molecule has 1 heterocycles. The van der Waals surface area contributed by atoms with Crippen molar-refractivity contribution in [3.8, 4) is 0 Å². The number of aromatic carboxylic acids is 1. The van der Waals surface area contributed by atoms with Gasteiger partial charge in [-0.15, -0.1) is 0 Å². The second-order valence-electron chi connectivity index (χ2n) is 3.90. The first-order valence-corrected chi connectivity index (χ1v) is 5.68. The highest BCUT2D eigenvalue weighted by atomic mass is 16.4. The van der Waals surface area contributed by atoms with Crippen LogP contribution in [0.4, 0.5) is 21.9 Å². The Balaban J connectivity index is 2.01. The average Bonchev–Trinajstić information content (AvgIpc) is 2.42. The van der Waals surface area contributed by atoms with Crippen molar-refractivity contribution in [3.05, 3.63) is 48.3 Å². The van der Waals surface area contributed by atoms with E-state index < -0.39 is 12.0 Å². The Morgan fingerprint density at radius 1 is 1.10 bits per heavy atom. The number of para-hydroxylation sites is 2. The summed E-state index contributed by atoms with van der Waals surface area (Å²) >= 11 is 0. The van der Waals surface area contributed by atoms with E-state index in [1.165, 1.54) is 18.3 Å². The van der Waals surface area contributed by atoms with Gasteiger partial charge in [0, 0.05) is 0 Å². The number of carbonyl (C=O) groups excluding carboxylic acids is 1. The number of rotatable bonds is 3. The number of nitrogens with two attached hydrogens (primary N) is 1. The molecule has 7 heteroatoms. The third-order valence-corrected chi connectivity index (χ3v) is 2.45. The monoisotopic (exact) mass is 272 g/mol. The number of nitrogens with zero attached hydrogens (tertiary/aromatic N) is 1. The predicted molar refractivity (Wildman–Crippen MR) is 74.7 cm³/mol. The molecule has 0 aliphatic heterocycles. The van der Waals surface area contributed by atoms with Crippen molar-refractivity contribution in [2.45, 2.75) is 0 Å². The summed E-state index contributed by atoms with van der Waals surface area (Å²) in [4.78, 5) is 26.1. The summed E-state index contributed by atoms with van der Waals surface area (Å²) in [6, 6.07) is 9.09. The van der Waals surface area contributed by atoms with Crippen LogP contribution in [0.25, 0.3) is 0 Å². The Kier molecular flexibility index (Phi) is 3.80. The minimum Gasteiger partial charge on any atom is -0.477 e. The molecule has 0 unspecified atom stereocenters. The fourth-order valence-electron chi connectivity index (χ4n) is 1.49. The van der Waals surface area contributed by atoms with Crippen LogP contribution < -0.4 is 16.4 Å². The second kappa shape index (κ2) is 5.70. The molecule has 2 amide bonds. The molecule has 102 valence electrons. The van der Waals surface area contributed by atoms with Gasteiger partial charge in [0.2, 0.25) is 0 Å². The highest BCUT2D eigenvalue weighted by molar-refractivity contribution is 6.01. The van der Waals surface area contributed by atoms with Gasteiger partial charge in [0.1, 0.15) is 5.69 Å². The van der Waals surface area contributed by atoms with Crippen molar-refractivity contribution in [2.24, 2.45) is 0 Å². The molecular formula is C13H12N4O3. The zero-order valence-electron chi connectivity index (χ0n) is 10.3. The van der Waals surface area contributed by atoms with Crippen LogP contribution in [0.15, 0.2) is 42.6 Å². The maximum absolute atomic E-state index is 11.7. The molecule has 20 heavy (non-hydrogen) atoms. The summed E-state index contributed by atoms with van der Waals surface area (Å²) in [5.74, 6) is -1.13. The lowest BCUT2D eigenvalue weighted by Gasteiger charge is -2.09. The van der Waals surface area contributed by atoms with Crippen molar-refractivity contribution in [2.75, 3.05) is 16.4 Å². The molecule has 0 saturated carbocycles. The highest BCUT2D eigenvalue weighted by Gasteiger charge is 2.07. The van der Waals surface area contributed by atoms with Gasteiger partial charge < -0.3 is 21.5 Å². The summed E-state index contributed by atoms with van der Waals surface area (Å²) in [6.45, 7) is 0. The quantitative estimate of drug-likeness (QED) is 0.637. The number of benzene rings is 1. The van der Waals surface area contributed by atoms with Crippen molar-refractivity contribution >= 4 is 29.1 Å². The molecule has 1 aromatic heterocycles. The minimum absolute atomic E-state index is 0.0942. The van der Waals surface area contributed by atoms with Crippen LogP contribution in [-0.4, -0.2) is 22.1 Å². The van der Waals surface area contributed by atoms with Crippen LogP contribution in [0.5, 0.6) is 0 Å². The summed E-state index contributed by atoms with van der Waals surface area (Å²) in [7, 11) is 0. The van der Waals surface area contributed by atoms with Crippen LogP contribution in [0.1, 0.15) is 10.5 Å². The number of nitrogens with one attached hydrogen (secondary N) is 2. The lowest BCUT2D eigenvalue weighted by atomic mass is 10.3. The van der Waals surface area contributed by atoms with E-state index in [9.17, 15) is 9.59 Å². The Labute approximate surface area is 114 Å². The van der Waals surface area contributed by atoms with Crippen LogP contribution in [0.3, 0.4) is 0 Å². The molecule has 0 bridgehead atoms. The second-order valence-corrected chi connectivity index (χ2v) is 3.90. The van der Waals surface area contributed by atoms with Crippen molar-refractivity contribution < 1.29 is 14.7 Å². The first-order chi connectivity index (χ1) is 9.56. The number of carboxylic acid groups (broad SMARTS) is 1. The number of hydrogen-bond acceptors (Lipinski definition) is 4. The standard InChI is InChI=1S/C13H12N4O3/c14-9-3-1-2-4-10(9)17-13(20)16-8-5-6-11(12(18)19)15-7-8/h1-7H,14H2,(H,18,19)(H2,16,17,20). The van der Waals surface area contributed by atoms with E-state index in [2.05, 4.69) is 15.6 Å². The number of aromatic nitrogens is 1. The SMILES string of the molecule is Nc1ccccc1NC(=O)Nc1ccc(C(=O)O)nc1. The number of hydrogen-bond donors (Lipinski definition) is 4. The predicted octanol–water partition coefficient (Wildman–Crippen LogP) is 2.01. The van der Waals surface area contributed by atoms with E-state index in [4.69, 9.17) is 10.8 Å². The van der Waals surface area contributed by atoms with Gasteiger partial charge in [0.15, 0.2) is 0 Å². The van der Waals surface area contributed by atoms with Crippen molar-refractivity contribution in [3.63, 3.8) is 0 Å². The van der Waals surface area contributed by atoms with Gasteiger partial charge in [-0.25, -0.2) is 14.6 Å². The number of carbonyl (C=O) groups is 2. The average molecular weight is 272 g/mol. The number of anilines is 3. The molecule has 0 radical (unpaired) electrons. The van der Waals surface area contributed by atoms with Gasteiger partial charge in [0.25, 0.3) is 0 Å². The third kappa shape index (κ3) is 3.22. The van der Waals surface area contributed by atoms with Crippen molar-refractivity contribution in [1.29, 1.82) is 0 Å². The number of nitrogen functional groups attached to an aromatic ring is 1. The Hall–Kier alpha value is -3.09. The first-order valence-electron chi connectivity index (χ1n) is 5.68. The maximum Gasteiger partial charge on any atom is 0.354 e. The van der Waals surface area contributed by atoms with E-state index >= 15 is 0 Å². The van der Waals surface area contributed by atoms with E-state index in [0.29, 0.717) is 17.1 Å². The third-order valence-electron chi connectivity index (χ3n) is 2.45. The molecular weight excluding hydrogens is 260 g/mol. The number of carboxylic acids is 1. The molecule has 7 nitrogen and oxygen atoms in total. The Morgan fingerprint density at radius 2 is 1.85 bits per heavy atom.